The van der Waals surface area contributed by atoms with Crippen molar-refractivity contribution < 1.29 is 29.1 Å². The van der Waals surface area contributed by atoms with Crippen molar-refractivity contribution in [3.63, 3.8) is 0 Å². The molecular formula is C2H2AlF4O3P. The molecule has 0 N–H and O–H groups in total. The Morgan fingerprint density at radius 1 is 1.36 bits per heavy atom. The molecule has 11 heavy (non-hydrogen) atoms. The van der Waals surface area contributed by atoms with Gasteiger partial charge in [-0.25, -0.2) is 4.57 Å². The number of rotatable bonds is 1. The third-order valence-electron chi connectivity index (χ3n) is 0.885. The lowest BCUT2D eigenvalue weighted by Gasteiger charge is -2.26. The van der Waals surface area contributed by atoms with Crippen LogP contribution in [0.3, 0.4) is 0 Å². The molecule has 0 unspecified atom stereocenters. The van der Waals surface area contributed by atoms with Gasteiger partial charge in [0.05, 0.1) is 5.28 Å². The Hall–Kier alpha value is 0.402. The standard InChI is InChI=1S/C2H2F3.Al.FH2O3P/c1-2(3,4)5;;1-5(2,3)4/h1H2;;(H2,2,3,4)/q;+2;/p-2. The Morgan fingerprint density at radius 2 is 1.82 bits per heavy atom. The van der Waals surface area contributed by atoms with Crippen molar-refractivity contribution in [2.45, 2.75) is 11.5 Å². The smallest absolute Gasteiger partial charge is 0.385 e. The first-order valence-corrected chi connectivity index (χ1v) is 5.71. The van der Waals surface area contributed by atoms with E-state index in [1.165, 1.54) is 0 Å². The van der Waals surface area contributed by atoms with Gasteiger partial charge in [-0.1, -0.05) is 0 Å². The van der Waals surface area contributed by atoms with E-state index >= 15 is 0 Å². The molecule has 1 heterocycles. The summed E-state index contributed by atoms with van der Waals surface area (Å²) in [7, 11) is -4.55. The molecule has 1 aliphatic heterocycles. The van der Waals surface area contributed by atoms with Crippen molar-refractivity contribution in [2.24, 2.45) is 0 Å². The van der Waals surface area contributed by atoms with Crippen molar-refractivity contribution in [1.82, 2.24) is 0 Å². The third kappa shape index (κ3) is 3.10. The summed E-state index contributed by atoms with van der Waals surface area (Å²) in [4.78, 5) is 0. The zero-order valence-corrected chi connectivity index (χ0v) is 7.02. The van der Waals surface area contributed by atoms with E-state index in [0.717, 1.165) is 0 Å². The lowest BCUT2D eigenvalue weighted by Crippen LogP contribution is -2.34. The highest BCUT2D eigenvalue weighted by Gasteiger charge is 2.56. The fourth-order valence-corrected chi connectivity index (χ4v) is 3.84. The first-order chi connectivity index (χ1) is 4.79. The first-order valence-electron chi connectivity index (χ1n) is 2.52. The summed E-state index contributed by atoms with van der Waals surface area (Å²) < 4.78 is 63.6. The van der Waals surface area contributed by atoms with Crippen molar-refractivity contribution in [2.75, 3.05) is 0 Å². The van der Waals surface area contributed by atoms with Crippen LogP contribution in [0.5, 0.6) is 0 Å². The van der Waals surface area contributed by atoms with Gasteiger partial charge in [0.15, 0.2) is 0 Å². The van der Waals surface area contributed by atoms with Crippen LogP contribution >= 0.6 is 7.91 Å². The lowest BCUT2D eigenvalue weighted by molar-refractivity contribution is -0.114. The summed E-state index contributed by atoms with van der Waals surface area (Å²) in [5.41, 5.74) is 0. The summed E-state index contributed by atoms with van der Waals surface area (Å²) in [6.07, 6.45) is -4.43. The largest absolute Gasteiger partial charge is 0.701 e. The normalized spacial score (nSPS) is 23.1. The highest BCUT2D eigenvalue weighted by Crippen LogP contribution is 2.60. The van der Waals surface area contributed by atoms with Gasteiger partial charge in [0.2, 0.25) is 0 Å². The van der Waals surface area contributed by atoms with E-state index in [-0.39, 0.29) is 0 Å². The van der Waals surface area contributed by atoms with Crippen LogP contribution in [0.15, 0.2) is 0 Å². The quantitative estimate of drug-likeness (QED) is 0.376. The number of hydrogen-bond donors (Lipinski definition) is 0. The molecule has 1 aliphatic rings. The molecule has 1 rings (SSSR count). The number of hydrogen-bond acceptors (Lipinski definition) is 3. The van der Waals surface area contributed by atoms with E-state index in [4.69, 9.17) is 0 Å². The zero-order chi connectivity index (χ0) is 8.70. The summed E-state index contributed by atoms with van der Waals surface area (Å²) in [6.45, 7) is 0. The Labute approximate surface area is 64.0 Å². The highest BCUT2D eigenvalue weighted by molar-refractivity contribution is 7.54. The summed E-state index contributed by atoms with van der Waals surface area (Å²) >= 11 is -3.01. The van der Waals surface area contributed by atoms with Gasteiger partial charge in [-0.3, -0.25) is 0 Å². The molecule has 0 spiro atoms. The van der Waals surface area contributed by atoms with Crippen LogP contribution < -0.4 is 0 Å². The Morgan fingerprint density at radius 3 is 2.09 bits per heavy atom. The van der Waals surface area contributed by atoms with Crippen molar-refractivity contribution in [3.8, 4) is 0 Å². The Bertz CT molecular complexity index is 194. The fraction of sp³-hybridized carbons (Fsp3) is 1.00. The molecule has 1 saturated heterocycles. The van der Waals surface area contributed by atoms with Gasteiger partial charge in [0.1, 0.15) is 0 Å². The molecule has 3 nitrogen and oxygen atoms in total. The molecule has 0 aromatic rings. The van der Waals surface area contributed by atoms with Crippen LogP contribution in [-0.4, -0.2) is 21.0 Å². The molecular weight excluding hydrogens is 206 g/mol. The minimum atomic E-state index is -4.55. The molecule has 0 saturated carbocycles. The average molecular weight is 208 g/mol. The Balaban J connectivity index is 2.30. The maximum atomic E-state index is 11.8. The molecule has 64 valence electrons. The van der Waals surface area contributed by atoms with Gasteiger partial charge in [-0.05, 0) is 0 Å². The third-order valence-corrected chi connectivity index (χ3v) is 5.58. The van der Waals surface area contributed by atoms with E-state index in [2.05, 4.69) is 7.15 Å². The van der Waals surface area contributed by atoms with Crippen molar-refractivity contribution in [1.29, 1.82) is 0 Å². The van der Waals surface area contributed by atoms with E-state index in [9.17, 15) is 21.9 Å². The second-order valence-corrected chi connectivity index (χ2v) is 5.71. The number of halogens is 4. The van der Waals surface area contributed by atoms with E-state index in [0.29, 0.717) is 0 Å². The molecule has 0 aromatic carbocycles. The van der Waals surface area contributed by atoms with Crippen LogP contribution in [0, 0.1) is 0 Å². The minimum absolute atomic E-state index is 1.30. The zero-order valence-electron chi connectivity index (χ0n) is 4.97. The Kier molecular flexibility index (Phi) is 2.34. The molecule has 1 fully saturated rings. The minimum Gasteiger partial charge on any atom is -0.385 e. The summed E-state index contributed by atoms with van der Waals surface area (Å²) in [5.74, 6) is 0. The molecule has 9 heteroatoms. The lowest BCUT2D eigenvalue weighted by atomic mass is 10.8. The van der Waals surface area contributed by atoms with Crippen molar-refractivity contribution in [3.05, 3.63) is 0 Å². The predicted molar refractivity (Wildman–Crippen MR) is 27.5 cm³/mol. The van der Waals surface area contributed by atoms with Gasteiger partial charge in [0, 0.05) is 0 Å². The molecule has 0 aromatic heterocycles. The van der Waals surface area contributed by atoms with Gasteiger partial charge in [-0.2, -0.15) is 13.2 Å². The SMILES string of the molecule is O=P1(F)[O][Al]([CH2]C(F)(F)F)[O]1. The topological polar surface area (TPSA) is 35.5 Å². The van der Waals surface area contributed by atoms with Gasteiger partial charge in [0.25, 0.3) is 0 Å². The van der Waals surface area contributed by atoms with Crippen LogP contribution in [0.1, 0.15) is 0 Å². The molecule has 0 aliphatic carbocycles. The predicted octanol–water partition coefficient (Wildman–Crippen LogP) is 2.16. The van der Waals surface area contributed by atoms with E-state index < -0.39 is 34.2 Å². The van der Waals surface area contributed by atoms with Gasteiger partial charge >= 0.3 is 28.9 Å². The molecule has 0 bridgehead atoms. The second kappa shape index (κ2) is 2.72. The molecule has 0 radical (unpaired) electrons. The van der Waals surface area contributed by atoms with Gasteiger partial charge in [-0.15, -0.1) is 4.20 Å². The molecule has 0 amide bonds. The van der Waals surface area contributed by atoms with E-state index in [1.807, 2.05) is 0 Å². The monoisotopic (exact) mass is 208 g/mol. The first kappa shape index (κ1) is 9.49. The van der Waals surface area contributed by atoms with Crippen LogP contribution in [0.25, 0.3) is 0 Å². The highest BCUT2D eigenvalue weighted by atomic mass is 31.2. The average Bonchev–Trinajstić information content (AvgIpc) is 1.53. The van der Waals surface area contributed by atoms with Crippen molar-refractivity contribution >= 4 is 22.7 Å². The molecule has 0 atom stereocenters. The summed E-state index contributed by atoms with van der Waals surface area (Å²) in [5, 5.41) is -1.30. The van der Waals surface area contributed by atoms with Crippen LogP contribution in [0.4, 0.5) is 17.4 Å². The maximum absolute atomic E-state index is 11.8. The van der Waals surface area contributed by atoms with Gasteiger partial charge < -0.3 is 7.15 Å². The van der Waals surface area contributed by atoms with Crippen LogP contribution in [0.2, 0.25) is 5.28 Å². The second-order valence-electron chi connectivity index (χ2n) is 1.89. The van der Waals surface area contributed by atoms with Crippen LogP contribution in [-0.2, 0) is 11.7 Å². The number of alkyl halides is 3. The maximum Gasteiger partial charge on any atom is 0.701 e. The van der Waals surface area contributed by atoms with E-state index in [1.54, 1.807) is 0 Å². The fourth-order valence-electron chi connectivity index (χ4n) is 0.552. The summed E-state index contributed by atoms with van der Waals surface area (Å²) in [6, 6.07) is 0.